The second-order valence-corrected chi connectivity index (χ2v) is 5.68. The highest BCUT2D eigenvalue weighted by Crippen LogP contribution is 2.32. The summed E-state index contributed by atoms with van der Waals surface area (Å²) in [5, 5.41) is 5.05. The molecule has 0 saturated carbocycles. The Bertz CT molecular complexity index is 454. The van der Waals surface area contributed by atoms with Crippen molar-refractivity contribution in [2.75, 3.05) is 7.05 Å². The van der Waals surface area contributed by atoms with Gasteiger partial charge in [0, 0.05) is 11.4 Å². The van der Waals surface area contributed by atoms with Crippen LogP contribution < -0.4 is 5.32 Å². The van der Waals surface area contributed by atoms with Crippen LogP contribution in [-0.2, 0) is 6.54 Å². The molecule has 1 heterocycles. The standard InChI is InChI=1S/C12H12FNS2/c1-14-8-9-5-10(13)7-11(6-9)16-12-3-2-4-15-12/h2-7,14H,8H2,1H3. The lowest BCUT2D eigenvalue weighted by Gasteiger charge is -2.04. The monoisotopic (exact) mass is 253 g/mol. The quantitative estimate of drug-likeness (QED) is 0.890. The molecule has 16 heavy (non-hydrogen) atoms. The lowest BCUT2D eigenvalue weighted by Crippen LogP contribution is -2.05. The zero-order chi connectivity index (χ0) is 11.4. The third-order valence-electron chi connectivity index (χ3n) is 2.03. The van der Waals surface area contributed by atoms with Crippen LogP contribution in [0.3, 0.4) is 0 Å². The van der Waals surface area contributed by atoms with Gasteiger partial charge < -0.3 is 5.32 Å². The predicted octanol–water partition coefficient (Wildman–Crippen LogP) is 3.76. The van der Waals surface area contributed by atoms with Gasteiger partial charge in [-0.2, -0.15) is 0 Å². The number of hydrogen-bond donors (Lipinski definition) is 1. The average molecular weight is 253 g/mol. The first-order chi connectivity index (χ1) is 7.78. The number of hydrogen-bond acceptors (Lipinski definition) is 3. The van der Waals surface area contributed by atoms with Gasteiger partial charge in [0.1, 0.15) is 5.82 Å². The molecule has 0 saturated heterocycles. The highest BCUT2D eigenvalue weighted by Gasteiger charge is 2.03. The van der Waals surface area contributed by atoms with Crippen LogP contribution in [0.15, 0.2) is 44.8 Å². The second-order valence-electron chi connectivity index (χ2n) is 3.36. The average Bonchev–Trinajstić information content (AvgIpc) is 2.70. The topological polar surface area (TPSA) is 12.0 Å². The molecule has 0 amide bonds. The highest BCUT2D eigenvalue weighted by molar-refractivity contribution is 8.01. The van der Waals surface area contributed by atoms with E-state index >= 15 is 0 Å². The Labute approximate surface area is 103 Å². The number of benzene rings is 1. The molecule has 4 heteroatoms. The van der Waals surface area contributed by atoms with Crippen molar-refractivity contribution in [3.05, 3.63) is 47.1 Å². The van der Waals surface area contributed by atoms with Crippen molar-refractivity contribution in [1.29, 1.82) is 0 Å². The van der Waals surface area contributed by atoms with Gasteiger partial charge in [-0.15, -0.1) is 11.3 Å². The maximum atomic E-state index is 13.3. The summed E-state index contributed by atoms with van der Waals surface area (Å²) in [6.07, 6.45) is 0. The Kier molecular flexibility index (Phi) is 3.98. The summed E-state index contributed by atoms with van der Waals surface area (Å²) in [7, 11) is 1.86. The third-order valence-corrected chi connectivity index (χ3v) is 4.03. The number of thiophene rings is 1. The number of halogens is 1. The van der Waals surface area contributed by atoms with Gasteiger partial charge in [0.15, 0.2) is 0 Å². The minimum Gasteiger partial charge on any atom is -0.316 e. The largest absolute Gasteiger partial charge is 0.316 e. The van der Waals surface area contributed by atoms with Crippen molar-refractivity contribution in [2.24, 2.45) is 0 Å². The van der Waals surface area contributed by atoms with E-state index < -0.39 is 0 Å². The Morgan fingerprint density at radius 3 is 2.94 bits per heavy atom. The summed E-state index contributed by atoms with van der Waals surface area (Å²) in [5.74, 6) is -0.174. The molecular formula is C12H12FNS2. The van der Waals surface area contributed by atoms with Gasteiger partial charge in [-0.3, -0.25) is 0 Å². The van der Waals surface area contributed by atoms with Crippen molar-refractivity contribution >= 4 is 23.1 Å². The van der Waals surface area contributed by atoms with Crippen LogP contribution in [0.5, 0.6) is 0 Å². The normalized spacial score (nSPS) is 10.6. The first-order valence-corrected chi connectivity index (χ1v) is 6.63. The molecule has 0 aliphatic rings. The van der Waals surface area contributed by atoms with E-state index in [0.717, 1.165) is 10.5 Å². The zero-order valence-electron chi connectivity index (χ0n) is 8.87. The molecule has 84 valence electrons. The molecule has 1 nitrogen and oxygen atoms in total. The van der Waals surface area contributed by atoms with E-state index in [-0.39, 0.29) is 5.82 Å². The minimum atomic E-state index is -0.174. The fourth-order valence-electron chi connectivity index (χ4n) is 1.42. The maximum absolute atomic E-state index is 13.3. The summed E-state index contributed by atoms with van der Waals surface area (Å²) >= 11 is 3.27. The summed E-state index contributed by atoms with van der Waals surface area (Å²) in [4.78, 5) is 0.952. The Balaban J connectivity index is 2.20. The summed E-state index contributed by atoms with van der Waals surface area (Å²) < 4.78 is 14.5. The molecule has 1 aromatic heterocycles. The fourth-order valence-corrected chi connectivity index (χ4v) is 3.28. The first-order valence-electron chi connectivity index (χ1n) is 4.93. The maximum Gasteiger partial charge on any atom is 0.124 e. The van der Waals surface area contributed by atoms with E-state index in [1.165, 1.54) is 4.21 Å². The smallest absolute Gasteiger partial charge is 0.124 e. The van der Waals surface area contributed by atoms with Gasteiger partial charge in [-0.05, 0) is 42.3 Å². The van der Waals surface area contributed by atoms with Crippen LogP contribution in [0.4, 0.5) is 4.39 Å². The fraction of sp³-hybridized carbons (Fsp3) is 0.167. The molecule has 0 aliphatic heterocycles. The molecule has 1 aromatic carbocycles. The van der Waals surface area contributed by atoms with E-state index in [2.05, 4.69) is 5.32 Å². The van der Waals surface area contributed by atoms with Crippen LogP contribution in [-0.4, -0.2) is 7.05 Å². The molecule has 0 spiro atoms. The van der Waals surface area contributed by atoms with Gasteiger partial charge >= 0.3 is 0 Å². The van der Waals surface area contributed by atoms with E-state index in [1.807, 2.05) is 30.6 Å². The molecule has 0 fully saturated rings. The van der Waals surface area contributed by atoms with Crippen LogP contribution in [0.25, 0.3) is 0 Å². The van der Waals surface area contributed by atoms with Crippen molar-refractivity contribution < 1.29 is 4.39 Å². The summed E-state index contributed by atoms with van der Waals surface area (Å²) in [5.41, 5.74) is 0.974. The van der Waals surface area contributed by atoms with Crippen LogP contribution in [0, 0.1) is 5.82 Å². The SMILES string of the molecule is CNCc1cc(F)cc(Sc2cccs2)c1. The second kappa shape index (κ2) is 5.48. The predicted molar refractivity (Wildman–Crippen MR) is 67.6 cm³/mol. The molecule has 2 rings (SSSR count). The van der Waals surface area contributed by atoms with Crippen LogP contribution in [0.1, 0.15) is 5.56 Å². The molecule has 1 N–H and O–H groups in total. The van der Waals surface area contributed by atoms with Crippen molar-refractivity contribution in [3.63, 3.8) is 0 Å². The van der Waals surface area contributed by atoms with Crippen molar-refractivity contribution in [3.8, 4) is 0 Å². The van der Waals surface area contributed by atoms with E-state index in [1.54, 1.807) is 35.2 Å². The van der Waals surface area contributed by atoms with Crippen molar-refractivity contribution in [2.45, 2.75) is 15.6 Å². The summed E-state index contributed by atoms with van der Waals surface area (Å²) in [6, 6.07) is 9.20. The Hall–Kier alpha value is -0.840. The van der Waals surface area contributed by atoms with Crippen molar-refractivity contribution in [1.82, 2.24) is 5.32 Å². The molecule has 0 radical (unpaired) electrons. The van der Waals surface area contributed by atoms with Gasteiger partial charge in [0.25, 0.3) is 0 Å². The van der Waals surface area contributed by atoms with Gasteiger partial charge in [-0.1, -0.05) is 17.8 Å². The number of rotatable bonds is 4. The molecule has 0 atom stereocenters. The zero-order valence-corrected chi connectivity index (χ0v) is 10.5. The molecule has 0 aliphatic carbocycles. The van der Waals surface area contributed by atoms with E-state index in [4.69, 9.17) is 0 Å². The van der Waals surface area contributed by atoms with Gasteiger partial charge in [0.2, 0.25) is 0 Å². The third kappa shape index (κ3) is 3.07. The molecule has 2 aromatic rings. The van der Waals surface area contributed by atoms with Crippen LogP contribution in [0.2, 0.25) is 0 Å². The Morgan fingerprint density at radius 2 is 2.25 bits per heavy atom. The highest BCUT2D eigenvalue weighted by atomic mass is 32.2. The first kappa shape index (κ1) is 11.6. The minimum absolute atomic E-state index is 0.174. The molecule has 0 unspecified atom stereocenters. The lowest BCUT2D eigenvalue weighted by atomic mass is 10.2. The van der Waals surface area contributed by atoms with Gasteiger partial charge in [-0.25, -0.2) is 4.39 Å². The summed E-state index contributed by atoms with van der Waals surface area (Å²) in [6.45, 7) is 0.690. The molecule has 0 bridgehead atoms. The van der Waals surface area contributed by atoms with E-state index in [9.17, 15) is 4.39 Å². The van der Waals surface area contributed by atoms with E-state index in [0.29, 0.717) is 6.54 Å². The Morgan fingerprint density at radius 1 is 1.38 bits per heavy atom. The number of nitrogens with one attached hydrogen (secondary N) is 1. The van der Waals surface area contributed by atoms with Gasteiger partial charge in [0.05, 0.1) is 4.21 Å². The molecular weight excluding hydrogens is 241 g/mol. The van der Waals surface area contributed by atoms with Crippen LogP contribution >= 0.6 is 23.1 Å². The lowest BCUT2D eigenvalue weighted by molar-refractivity contribution is 0.619.